The molecule has 1 amide bonds. The second kappa shape index (κ2) is 9.71. The number of carbonyl (C=O) groups excluding carboxylic acids is 1. The van der Waals surface area contributed by atoms with Gasteiger partial charge in [-0.2, -0.15) is 5.10 Å². The van der Waals surface area contributed by atoms with Crippen LogP contribution >= 0.6 is 23.2 Å². The van der Waals surface area contributed by atoms with E-state index >= 15 is 0 Å². The van der Waals surface area contributed by atoms with Crippen molar-refractivity contribution in [3.63, 3.8) is 0 Å². The average Bonchev–Trinajstić information content (AvgIpc) is 3.26. The highest BCUT2D eigenvalue weighted by Gasteiger charge is 2.48. The van der Waals surface area contributed by atoms with Crippen LogP contribution in [0.1, 0.15) is 32.4 Å². The number of hydrazone groups is 1. The van der Waals surface area contributed by atoms with Crippen molar-refractivity contribution < 1.29 is 19.4 Å². The van der Waals surface area contributed by atoms with Gasteiger partial charge in [0.1, 0.15) is 23.0 Å². The van der Waals surface area contributed by atoms with Gasteiger partial charge in [-0.25, -0.2) is 0 Å². The Labute approximate surface area is 232 Å². The zero-order valence-electron chi connectivity index (χ0n) is 21.8. The predicted molar refractivity (Wildman–Crippen MR) is 151 cm³/mol. The van der Waals surface area contributed by atoms with Crippen molar-refractivity contribution in [2.24, 2.45) is 11.0 Å². The average molecular weight is 554 g/mol. The summed E-state index contributed by atoms with van der Waals surface area (Å²) in [6.45, 7) is 6.20. The minimum absolute atomic E-state index is 0.147. The van der Waals surface area contributed by atoms with Crippen molar-refractivity contribution >= 4 is 40.5 Å². The fourth-order valence-corrected chi connectivity index (χ4v) is 5.35. The molecule has 2 heterocycles. The number of rotatable bonds is 4. The first kappa shape index (κ1) is 26.2. The van der Waals surface area contributed by atoms with Gasteiger partial charge in [0, 0.05) is 39.8 Å². The maximum Gasteiger partial charge on any atom is 0.270 e. The minimum atomic E-state index is -0.398. The molecule has 3 aromatic rings. The summed E-state index contributed by atoms with van der Waals surface area (Å²) in [5.74, 6) is 0.875. The van der Waals surface area contributed by atoms with E-state index in [0.29, 0.717) is 32.9 Å². The summed E-state index contributed by atoms with van der Waals surface area (Å²) in [6.07, 6.45) is 0. The van der Waals surface area contributed by atoms with E-state index in [-0.39, 0.29) is 30.2 Å². The van der Waals surface area contributed by atoms with Crippen molar-refractivity contribution in [2.45, 2.75) is 32.4 Å². The van der Waals surface area contributed by atoms with Gasteiger partial charge in [0.25, 0.3) is 5.91 Å². The van der Waals surface area contributed by atoms with Crippen molar-refractivity contribution in [1.29, 1.82) is 0 Å². The Balaban J connectivity index is 1.68. The molecule has 2 unspecified atom stereocenters. The van der Waals surface area contributed by atoms with E-state index in [4.69, 9.17) is 37.8 Å². The molecule has 198 valence electrons. The highest BCUT2D eigenvalue weighted by Crippen LogP contribution is 2.50. The molecular weight excluding hydrogens is 525 g/mol. The number of hydrogen-bond acceptors (Lipinski definition) is 6. The fraction of sp³-hybridized carbons (Fsp3) is 0.310. The summed E-state index contributed by atoms with van der Waals surface area (Å²) in [4.78, 5) is 15.4. The van der Waals surface area contributed by atoms with Crippen molar-refractivity contribution in [3.05, 3.63) is 70.2 Å². The van der Waals surface area contributed by atoms with Crippen LogP contribution in [0.2, 0.25) is 10.0 Å². The third-order valence-corrected chi connectivity index (χ3v) is 7.52. The van der Waals surface area contributed by atoms with Crippen LogP contribution in [-0.2, 0) is 4.79 Å². The number of phenolic OH excluding ortho intramolecular Hbond substituents is 1. The first-order valence-electron chi connectivity index (χ1n) is 12.2. The molecular formula is C29H29Cl2N3O4. The highest BCUT2D eigenvalue weighted by atomic mass is 35.5. The van der Waals surface area contributed by atoms with Crippen LogP contribution in [0, 0.1) is 5.92 Å². The third-order valence-electron chi connectivity index (χ3n) is 7.08. The van der Waals surface area contributed by atoms with E-state index in [0.717, 1.165) is 16.7 Å². The van der Waals surface area contributed by atoms with Gasteiger partial charge < -0.3 is 19.5 Å². The zero-order chi connectivity index (χ0) is 27.4. The van der Waals surface area contributed by atoms with Crippen LogP contribution in [0.5, 0.6) is 17.2 Å². The molecule has 2 atom stereocenters. The maximum atomic E-state index is 13.7. The van der Waals surface area contributed by atoms with E-state index < -0.39 is 5.54 Å². The van der Waals surface area contributed by atoms with Crippen LogP contribution in [0.15, 0.2) is 59.7 Å². The number of fused-ring (bicyclic) bond motifs is 3. The zero-order valence-corrected chi connectivity index (χ0v) is 23.3. The SMILES string of the molecule is COc1cc2c(cc1-c1cccc(O)c1)C1C(CO2)C(C(=O)N(C)C(C)(C)C)=NN1c1cc(Cl)cc(Cl)c1. The monoisotopic (exact) mass is 553 g/mol. The summed E-state index contributed by atoms with van der Waals surface area (Å²) in [5.41, 5.74) is 3.08. The number of ether oxygens (including phenoxy) is 2. The Kier molecular flexibility index (Phi) is 6.70. The van der Waals surface area contributed by atoms with Gasteiger partial charge in [-0.15, -0.1) is 0 Å². The van der Waals surface area contributed by atoms with Gasteiger partial charge in [0.05, 0.1) is 31.4 Å². The summed E-state index contributed by atoms with van der Waals surface area (Å²) in [5, 5.41) is 17.7. The van der Waals surface area contributed by atoms with E-state index in [9.17, 15) is 9.90 Å². The molecule has 1 N–H and O–H groups in total. The van der Waals surface area contributed by atoms with Crippen LogP contribution in [0.4, 0.5) is 5.69 Å². The van der Waals surface area contributed by atoms with Gasteiger partial charge >= 0.3 is 0 Å². The number of anilines is 1. The molecule has 38 heavy (non-hydrogen) atoms. The highest BCUT2D eigenvalue weighted by molar-refractivity contribution is 6.41. The van der Waals surface area contributed by atoms with Crippen LogP contribution in [-0.4, -0.2) is 47.9 Å². The van der Waals surface area contributed by atoms with E-state index in [2.05, 4.69) is 0 Å². The quantitative estimate of drug-likeness (QED) is 0.396. The van der Waals surface area contributed by atoms with Gasteiger partial charge in [0.15, 0.2) is 0 Å². The second-order valence-corrected chi connectivity index (χ2v) is 11.4. The summed E-state index contributed by atoms with van der Waals surface area (Å²) < 4.78 is 11.9. The Morgan fingerprint density at radius 2 is 1.84 bits per heavy atom. The molecule has 0 fully saturated rings. The minimum Gasteiger partial charge on any atom is -0.508 e. The Morgan fingerprint density at radius 3 is 2.47 bits per heavy atom. The fourth-order valence-electron chi connectivity index (χ4n) is 4.84. The molecule has 0 aliphatic carbocycles. The number of phenols is 1. The van der Waals surface area contributed by atoms with Crippen molar-refractivity contribution in [3.8, 4) is 28.4 Å². The Morgan fingerprint density at radius 1 is 1.13 bits per heavy atom. The lowest BCUT2D eigenvalue weighted by Gasteiger charge is -2.36. The van der Waals surface area contributed by atoms with E-state index in [1.54, 1.807) is 55.5 Å². The third kappa shape index (κ3) is 4.65. The molecule has 0 radical (unpaired) electrons. The lowest BCUT2D eigenvalue weighted by Crippen LogP contribution is -2.48. The Hall–Kier alpha value is -3.42. The van der Waals surface area contributed by atoms with Gasteiger partial charge in [-0.1, -0.05) is 35.3 Å². The summed E-state index contributed by atoms with van der Waals surface area (Å²) >= 11 is 12.7. The maximum absolute atomic E-state index is 13.7. The lowest BCUT2D eigenvalue weighted by atomic mass is 9.85. The topological polar surface area (TPSA) is 74.6 Å². The van der Waals surface area contributed by atoms with Gasteiger partial charge in [-0.3, -0.25) is 9.80 Å². The first-order chi connectivity index (χ1) is 18.0. The normalized spacial score (nSPS) is 18.3. The van der Waals surface area contributed by atoms with Gasteiger partial charge in [0.2, 0.25) is 0 Å². The first-order valence-corrected chi connectivity index (χ1v) is 13.0. The van der Waals surface area contributed by atoms with Gasteiger partial charge in [-0.05, 0) is 62.7 Å². The number of benzene rings is 3. The molecule has 0 aromatic heterocycles. The number of aromatic hydroxyl groups is 1. The van der Waals surface area contributed by atoms with E-state index in [1.807, 2.05) is 44.0 Å². The number of carbonyl (C=O) groups is 1. The molecule has 0 spiro atoms. The molecule has 0 saturated carbocycles. The molecule has 7 nitrogen and oxygen atoms in total. The van der Waals surface area contributed by atoms with Crippen LogP contribution in [0.3, 0.4) is 0 Å². The summed E-state index contributed by atoms with van der Waals surface area (Å²) in [7, 11) is 3.37. The lowest BCUT2D eigenvalue weighted by molar-refractivity contribution is -0.127. The number of methoxy groups -OCH3 is 1. The number of amides is 1. The van der Waals surface area contributed by atoms with Crippen LogP contribution in [0.25, 0.3) is 11.1 Å². The molecule has 0 bridgehead atoms. The molecule has 5 rings (SSSR count). The number of halogens is 2. The Bertz CT molecular complexity index is 1430. The molecule has 2 aliphatic heterocycles. The number of nitrogens with zero attached hydrogens (tertiary/aromatic N) is 3. The van der Waals surface area contributed by atoms with Crippen LogP contribution < -0.4 is 14.5 Å². The molecule has 2 aliphatic rings. The standard InChI is InChI=1S/C29H29Cl2N3O4/c1-29(2,3)33(4)28(36)26-23-15-38-25-14-24(37-5)21(16-7-6-8-20(35)9-16)13-22(25)27(23)34(32-26)19-11-17(30)10-18(31)12-19/h6-14,23,27,35H,15H2,1-5H3. The largest absolute Gasteiger partial charge is 0.508 e. The smallest absolute Gasteiger partial charge is 0.270 e. The molecule has 9 heteroatoms. The number of hydrogen-bond donors (Lipinski definition) is 1. The van der Waals surface area contributed by atoms with E-state index in [1.165, 1.54) is 0 Å². The molecule has 3 aromatic carbocycles. The predicted octanol–water partition coefficient (Wildman–Crippen LogP) is 6.56. The second-order valence-electron chi connectivity index (χ2n) is 10.5. The summed E-state index contributed by atoms with van der Waals surface area (Å²) in [6, 6.07) is 15.7. The van der Waals surface area contributed by atoms with Crippen molar-refractivity contribution in [1.82, 2.24) is 4.90 Å². The molecule has 0 saturated heterocycles. The van der Waals surface area contributed by atoms with Crippen molar-refractivity contribution in [2.75, 3.05) is 25.8 Å².